The number of benzene rings is 2. The van der Waals surface area contributed by atoms with E-state index in [9.17, 15) is 4.57 Å². The second kappa shape index (κ2) is 5.92. The number of rotatable bonds is 3. The van der Waals surface area contributed by atoms with E-state index in [1.165, 1.54) is 0 Å². The lowest BCUT2D eigenvalue weighted by atomic mass is 10.4. The van der Waals surface area contributed by atoms with Gasteiger partial charge in [0, 0.05) is 36.8 Å². The SMILES string of the molecule is O=P(c1ccccc1)(c1ccccc1)N1CCNCC1. The van der Waals surface area contributed by atoms with E-state index in [1.54, 1.807) is 0 Å². The van der Waals surface area contributed by atoms with Crippen LogP contribution in [0, 0.1) is 0 Å². The van der Waals surface area contributed by atoms with Gasteiger partial charge in [0.15, 0.2) is 0 Å². The van der Waals surface area contributed by atoms with Crippen molar-refractivity contribution in [2.75, 3.05) is 26.2 Å². The van der Waals surface area contributed by atoms with Gasteiger partial charge in [0.25, 0.3) is 0 Å². The first kappa shape index (κ1) is 13.6. The zero-order chi connectivity index (χ0) is 13.8. The predicted octanol–water partition coefficient (Wildman–Crippen LogP) is 1.82. The van der Waals surface area contributed by atoms with Crippen LogP contribution in [0.4, 0.5) is 0 Å². The summed E-state index contributed by atoms with van der Waals surface area (Å²) < 4.78 is 16.0. The monoisotopic (exact) mass is 286 g/mol. The van der Waals surface area contributed by atoms with Gasteiger partial charge in [0.05, 0.1) is 0 Å². The predicted molar refractivity (Wildman–Crippen MR) is 84.2 cm³/mol. The molecule has 0 amide bonds. The summed E-state index contributed by atoms with van der Waals surface area (Å²) in [4.78, 5) is 0. The molecule has 3 rings (SSSR count). The molecule has 3 nitrogen and oxygen atoms in total. The van der Waals surface area contributed by atoms with Gasteiger partial charge in [-0.3, -0.25) is 4.57 Å². The second-order valence-electron chi connectivity index (χ2n) is 4.95. The average Bonchev–Trinajstić information content (AvgIpc) is 2.56. The van der Waals surface area contributed by atoms with E-state index in [1.807, 2.05) is 60.7 Å². The van der Waals surface area contributed by atoms with E-state index >= 15 is 0 Å². The molecule has 2 aromatic carbocycles. The minimum absolute atomic E-state index is 0.821. The summed E-state index contributed by atoms with van der Waals surface area (Å²) in [6.45, 7) is 3.43. The fourth-order valence-corrected chi connectivity index (χ4v) is 5.54. The molecular formula is C16H19N2OP. The van der Waals surface area contributed by atoms with Crippen molar-refractivity contribution in [3.8, 4) is 0 Å². The molecule has 1 saturated heterocycles. The van der Waals surface area contributed by atoms with E-state index < -0.39 is 7.29 Å². The Morgan fingerprint density at radius 3 is 1.70 bits per heavy atom. The van der Waals surface area contributed by atoms with Crippen LogP contribution in [0.3, 0.4) is 0 Å². The lowest BCUT2D eigenvalue weighted by molar-refractivity contribution is 0.367. The fraction of sp³-hybridized carbons (Fsp3) is 0.250. The van der Waals surface area contributed by atoms with Crippen LogP contribution >= 0.6 is 7.29 Å². The quantitative estimate of drug-likeness (QED) is 0.874. The number of piperazine rings is 1. The first-order valence-corrected chi connectivity index (χ1v) is 8.65. The molecule has 104 valence electrons. The third-order valence-electron chi connectivity index (χ3n) is 3.70. The summed E-state index contributed by atoms with van der Waals surface area (Å²) in [5.41, 5.74) is 0. The van der Waals surface area contributed by atoms with Gasteiger partial charge in [0.2, 0.25) is 7.29 Å². The van der Waals surface area contributed by atoms with Gasteiger partial charge in [-0.25, -0.2) is 4.67 Å². The summed E-state index contributed by atoms with van der Waals surface area (Å²) in [6.07, 6.45) is 0. The van der Waals surface area contributed by atoms with Crippen LogP contribution in [0.2, 0.25) is 0 Å². The Bertz CT molecular complexity index is 551. The third kappa shape index (κ3) is 2.45. The molecular weight excluding hydrogens is 267 g/mol. The number of hydrogen-bond acceptors (Lipinski definition) is 2. The Kier molecular flexibility index (Phi) is 4.02. The second-order valence-corrected chi connectivity index (χ2v) is 7.70. The topological polar surface area (TPSA) is 32.3 Å². The van der Waals surface area contributed by atoms with Crippen LogP contribution in [0.5, 0.6) is 0 Å². The summed E-state index contributed by atoms with van der Waals surface area (Å²) in [7, 11) is -2.71. The summed E-state index contributed by atoms with van der Waals surface area (Å²) in [6, 6.07) is 19.7. The zero-order valence-electron chi connectivity index (χ0n) is 11.4. The molecule has 0 aromatic heterocycles. The number of hydrogen-bond donors (Lipinski definition) is 1. The highest BCUT2D eigenvalue weighted by atomic mass is 31.2. The molecule has 4 heteroatoms. The van der Waals surface area contributed by atoms with Crippen LogP contribution in [0.15, 0.2) is 60.7 Å². The Morgan fingerprint density at radius 2 is 1.25 bits per heavy atom. The molecule has 0 aliphatic carbocycles. The number of nitrogens with zero attached hydrogens (tertiary/aromatic N) is 1. The average molecular weight is 286 g/mol. The summed E-state index contributed by atoms with van der Waals surface area (Å²) >= 11 is 0. The van der Waals surface area contributed by atoms with E-state index in [4.69, 9.17) is 0 Å². The van der Waals surface area contributed by atoms with Crippen LogP contribution in [-0.4, -0.2) is 30.8 Å². The van der Waals surface area contributed by atoms with Gasteiger partial charge in [0.1, 0.15) is 0 Å². The van der Waals surface area contributed by atoms with Crippen LogP contribution in [0.1, 0.15) is 0 Å². The first-order valence-electron chi connectivity index (χ1n) is 6.99. The molecule has 1 N–H and O–H groups in total. The maximum atomic E-state index is 13.9. The third-order valence-corrected chi connectivity index (χ3v) is 6.90. The molecule has 20 heavy (non-hydrogen) atoms. The lowest BCUT2D eigenvalue weighted by Crippen LogP contribution is -2.45. The molecule has 1 aliphatic rings. The molecule has 2 aromatic rings. The van der Waals surface area contributed by atoms with Gasteiger partial charge in [-0.2, -0.15) is 0 Å². The normalized spacial score (nSPS) is 17.0. The summed E-state index contributed by atoms with van der Waals surface area (Å²) in [5, 5.41) is 5.18. The van der Waals surface area contributed by atoms with E-state index in [2.05, 4.69) is 9.99 Å². The van der Waals surface area contributed by atoms with Crippen LogP contribution in [0.25, 0.3) is 0 Å². The van der Waals surface area contributed by atoms with Crippen molar-refractivity contribution in [1.82, 2.24) is 9.99 Å². The summed E-state index contributed by atoms with van der Waals surface area (Å²) in [5.74, 6) is 0. The van der Waals surface area contributed by atoms with E-state index in [0.29, 0.717) is 0 Å². The van der Waals surface area contributed by atoms with Crippen molar-refractivity contribution in [2.45, 2.75) is 0 Å². The van der Waals surface area contributed by atoms with Crippen molar-refractivity contribution in [1.29, 1.82) is 0 Å². The van der Waals surface area contributed by atoms with E-state index in [0.717, 1.165) is 36.8 Å². The van der Waals surface area contributed by atoms with Crippen molar-refractivity contribution < 1.29 is 4.57 Å². The highest BCUT2D eigenvalue weighted by Crippen LogP contribution is 2.47. The molecule has 0 radical (unpaired) electrons. The maximum absolute atomic E-state index is 13.9. The molecule has 0 spiro atoms. The molecule has 0 bridgehead atoms. The molecule has 0 unspecified atom stereocenters. The van der Waals surface area contributed by atoms with Gasteiger partial charge < -0.3 is 5.32 Å². The molecule has 0 saturated carbocycles. The van der Waals surface area contributed by atoms with Crippen LogP contribution < -0.4 is 15.9 Å². The largest absolute Gasteiger partial charge is 0.314 e. The Morgan fingerprint density at radius 1 is 0.800 bits per heavy atom. The Labute approximate surface area is 120 Å². The molecule has 1 fully saturated rings. The van der Waals surface area contributed by atoms with Crippen molar-refractivity contribution >= 4 is 17.9 Å². The molecule has 0 atom stereocenters. The zero-order valence-corrected chi connectivity index (χ0v) is 12.3. The smallest absolute Gasteiger partial charge is 0.207 e. The highest BCUT2D eigenvalue weighted by molar-refractivity contribution is 7.76. The Balaban J connectivity index is 2.10. The highest BCUT2D eigenvalue weighted by Gasteiger charge is 2.34. The molecule has 1 aliphatic heterocycles. The fourth-order valence-electron chi connectivity index (χ4n) is 2.67. The Hall–Kier alpha value is -1.41. The minimum atomic E-state index is -2.71. The lowest BCUT2D eigenvalue weighted by Gasteiger charge is -2.35. The van der Waals surface area contributed by atoms with E-state index in [-0.39, 0.29) is 0 Å². The standard InChI is InChI=1S/C16H19N2OP/c19-20(15-7-3-1-4-8-15,16-9-5-2-6-10-16)18-13-11-17-12-14-18/h1-10,17H,11-14H2. The van der Waals surface area contributed by atoms with Crippen molar-refractivity contribution in [3.05, 3.63) is 60.7 Å². The van der Waals surface area contributed by atoms with Crippen LogP contribution in [-0.2, 0) is 4.57 Å². The van der Waals surface area contributed by atoms with Crippen molar-refractivity contribution in [3.63, 3.8) is 0 Å². The van der Waals surface area contributed by atoms with Gasteiger partial charge in [-0.05, 0) is 24.3 Å². The minimum Gasteiger partial charge on any atom is -0.314 e. The van der Waals surface area contributed by atoms with Gasteiger partial charge in [-0.1, -0.05) is 36.4 Å². The molecule has 1 heterocycles. The van der Waals surface area contributed by atoms with Gasteiger partial charge >= 0.3 is 0 Å². The van der Waals surface area contributed by atoms with Crippen molar-refractivity contribution in [2.24, 2.45) is 0 Å². The van der Waals surface area contributed by atoms with Gasteiger partial charge in [-0.15, -0.1) is 0 Å². The maximum Gasteiger partial charge on any atom is 0.207 e. The number of nitrogens with one attached hydrogen (secondary N) is 1. The first-order chi connectivity index (χ1) is 9.82.